The van der Waals surface area contributed by atoms with Crippen molar-refractivity contribution < 1.29 is 9.18 Å². The van der Waals surface area contributed by atoms with Crippen LogP contribution in [0.3, 0.4) is 0 Å². The van der Waals surface area contributed by atoms with Gasteiger partial charge in [-0.2, -0.15) is 0 Å². The number of benzene rings is 1. The Labute approximate surface area is 127 Å². The lowest BCUT2D eigenvalue weighted by Gasteiger charge is -2.26. The summed E-state index contributed by atoms with van der Waals surface area (Å²) in [6.45, 7) is 1.07. The van der Waals surface area contributed by atoms with Crippen molar-refractivity contribution in [3.8, 4) is 0 Å². The molecule has 1 aromatic rings. The Morgan fingerprint density at radius 1 is 1.35 bits per heavy atom. The van der Waals surface area contributed by atoms with Gasteiger partial charge in [0.1, 0.15) is 5.82 Å². The van der Waals surface area contributed by atoms with Crippen LogP contribution in [0.2, 0.25) is 0 Å². The van der Waals surface area contributed by atoms with Crippen molar-refractivity contribution in [3.05, 3.63) is 34.1 Å². The molecule has 3 N–H and O–H groups in total. The molecular formula is C15H20BrFN2O. The topological polar surface area (TPSA) is 55.1 Å². The van der Waals surface area contributed by atoms with Gasteiger partial charge in [0.15, 0.2) is 0 Å². The van der Waals surface area contributed by atoms with E-state index in [4.69, 9.17) is 5.73 Å². The second kappa shape index (κ2) is 7.18. The highest BCUT2D eigenvalue weighted by atomic mass is 79.9. The fourth-order valence-corrected chi connectivity index (χ4v) is 3.05. The fourth-order valence-electron chi connectivity index (χ4n) is 2.67. The van der Waals surface area contributed by atoms with Crippen LogP contribution in [-0.2, 0) is 11.3 Å². The van der Waals surface area contributed by atoms with Gasteiger partial charge in [-0.3, -0.25) is 4.79 Å². The van der Waals surface area contributed by atoms with Crippen LogP contribution in [0, 0.1) is 17.7 Å². The summed E-state index contributed by atoms with van der Waals surface area (Å²) >= 11 is 3.36. The van der Waals surface area contributed by atoms with Crippen molar-refractivity contribution in [2.24, 2.45) is 17.6 Å². The minimum absolute atomic E-state index is 0.0663. The molecule has 1 aromatic carbocycles. The minimum atomic E-state index is -0.291. The summed E-state index contributed by atoms with van der Waals surface area (Å²) in [6.07, 6.45) is 3.85. The van der Waals surface area contributed by atoms with Crippen LogP contribution in [0.25, 0.3) is 0 Å². The molecule has 1 saturated carbocycles. The number of amides is 1. The van der Waals surface area contributed by atoms with E-state index in [9.17, 15) is 9.18 Å². The molecule has 0 saturated heterocycles. The van der Waals surface area contributed by atoms with Crippen LogP contribution in [0.1, 0.15) is 31.2 Å². The zero-order chi connectivity index (χ0) is 14.5. The van der Waals surface area contributed by atoms with E-state index in [-0.39, 0.29) is 17.6 Å². The molecule has 2 rings (SSSR count). The Balaban J connectivity index is 1.85. The third kappa shape index (κ3) is 4.03. The molecular weight excluding hydrogens is 323 g/mol. The number of hydrogen-bond donors (Lipinski definition) is 2. The molecule has 1 aliphatic carbocycles. The molecule has 0 aromatic heterocycles. The van der Waals surface area contributed by atoms with Crippen molar-refractivity contribution in [1.29, 1.82) is 0 Å². The first kappa shape index (κ1) is 15.4. The average Bonchev–Trinajstić information content (AvgIpc) is 2.48. The van der Waals surface area contributed by atoms with Gasteiger partial charge in [-0.15, -0.1) is 0 Å². The molecule has 3 nitrogen and oxygen atoms in total. The molecule has 20 heavy (non-hydrogen) atoms. The van der Waals surface area contributed by atoms with Crippen LogP contribution in [0.5, 0.6) is 0 Å². The Morgan fingerprint density at radius 2 is 2.05 bits per heavy atom. The fraction of sp³-hybridized carbons (Fsp3) is 0.533. The summed E-state index contributed by atoms with van der Waals surface area (Å²) in [5, 5.41) is 2.90. The van der Waals surface area contributed by atoms with Crippen LogP contribution in [-0.4, -0.2) is 12.5 Å². The van der Waals surface area contributed by atoms with Crippen LogP contribution >= 0.6 is 15.9 Å². The Bertz CT molecular complexity index is 473. The minimum Gasteiger partial charge on any atom is -0.352 e. The predicted octanol–water partition coefficient (Wildman–Crippen LogP) is 2.97. The molecule has 1 fully saturated rings. The summed E-state index contributed by atoms with van der Waals surface area (Å²) in [5.74, 6) is 0.416. The van der Waals surface area contributed by atoms with Gasteiger partial charge in [-0.1, -0.05) is 15.9 Å². The van der Waals surface area contributed by atoms with Crippen molar-refractivity contribution in [1.82, 2.24) is 5.32 Å². The van der Waals surface area contributed by atoms with Gasteiger partial charge < -0.3 is 11.1 Å². The highest BCUT2D eigenvalue weighted by Gasteiger charge is 2.25. The van der Waals surface area contributed by atoms with E-state index in [1.54, 1.807) is 6.07 Å². The number of rotatable bonds is 4. The van der Waals surface area contributed by atoms with Gasteiger partial charge in [0.2, 0.25) is 5.91 Å². The van der Waals surface area contributed by atoms with Crippen LogP contribution in [0.15, 0.2) is 22.7 Å². The maximum Gasteiger partial charge on any atom is 0.223 e. The molecule has 0 spiro atoms. The van der Waals surface area contributed by atoms with Crippen molar-refractivity contribution in [2.45, 2.75) is 32.2 Å². The van der Waals surface area contributed by atoms with Gasteiger partial charge in [-0.25, -0.2) is 4.39 Å². The largest absolute Gasteiger partial charge is 0.352 e. The number of nitrogens with one attached hydrogen (secondary N) is 1. The summed E-state index contributed by atoms with van der Waals surface area (Å²) in [4.78, 5) is 12.1. The number of carbonyl (C=O) groups is 1. The van der Waals surface area contributed by atoms with E-state index < -0.39 is 0 Å². The molecule has 0 aliphatic heterocycles. The van der Waals surface area contributed by atoms with Crippen LogP contribution < -0.4 is 11.1 Å². The summed E-state index contributed by atoms with van der Waals surface area (Å²) in [7, 11) is 0. The Morgan fingerprint density at radius 3 is 2.70 bits per heavy atom. The van der Waals surface area contributed by atoms with E-state index in [2.05, 4.69) is 21.2 Å². The average molecular weight is 343 g/mol. The lowest BCUT2D eigenvalue weighted by atomic mass is 9.81. The first-order chi connectivity index (χ1) is 9.60. The smallest absolute Gasteiger partial charge is 0.223 e. The van der Waals surface area contributed by atoms with E-state index >= 15 is 0 Å². The molecule has 1 aliphatic rings. The van der Waals surface area contributed by atoms with Gasteiger partial charge in [0.25, 0.3) is 0 Å². The molecule has 5 heteroatoms. The maximum atomic E-state index is 13.2. The summed E-state index contributed by atoms with van der Waals surface area (Å²) < 4.78 is 14.0. The molecule has 0 heterocycles. The Kier molecular flexibility index (Phi) is 5.54. The van der Waals surface area contributed by atoms with E-state index in [1.807, 2.05) is 0 Å². The SMILES string of the molecule is NCC1CCC(C(=O)NCc2cc(F)ccc2Br)CC1. The third-order valence-electron chi connectivity index (χ3n) is 4.01. The number of carbonyl (C=O) groups excluding carboxylic acids is 1. The monoisotopic (exact) mass is 342 g/mol. The Hall–Kier alpha value is -0.940. The van der Waals surface area contributed by atoms with Crippen molar-refractivity contribution in [3.63, 3.8) is 0 Å². The van der Waals surface area contributed by atoms with Crippen molar-refractivity contribution in [2.75, 3.05) is 6.54 Å². The normalized spacial score (nSPS) is 22.6. The second-order valence-corrected chi connectivity index (χ2v) is 6.26. The van der Waals surface area contributed by atoms with Gasteiger partial charge >= 0.3 is 0 Å². The van der Waals surface area contributed by atoms with Gasteiger partial charge in [0.05, 0.1) is 0 Å². The lowest BCUT2D eigenvalue weighted by Crippen LogP contribution is -2.34. The van der Waals surface area contributed by atoms with E-state index in [0.717, 1.165) is 35.7 Å². The lowest BCUT2D eigenvalue weighted by molar-refractivity contribution is -0.126. The molecule has 1 amide bonds. The molecule has 0 bridgehead atoms. The summed E-state index contributed by atoms with van der Waals surface area (Å²) in [5.41, 5.74) is 6.41. The van der Waals surface area contributed by atoms with Crippen LogP contribution in [0.4, 0.5) is 4.39 Å². The zero-order valence-electron chi connectivity index (χ0n) is 11.4. The number of halogens is 2. The first-order valence-corrected chi connectivity index (χ1v) is 7.81. The highest BCUT2D eigenvalue weighted by molar-refractivity contribution is 9.10. The third-order valence-corrected chi connectivity index (χ3v) is 4.79. The van der Waals surface area contributed by atoms with E-state index in [1.165, 1.54) is 12.1 Å². The highest BCUT2D eigenvalue weighted by Crippen LogP contribution is 2.28. The van der Waals surface area contributed by atoms with Crippen molar-refractivity contribution >= 4 is 21.8 Å². The standard InChI is InChI=1S/C15H20BrFN2O/c16-14-6-5-13(17)7-12(14)9-19-15(20)11-3-1-10(8-18)2-4-11/h5-7,10-11H,1-4,8-9,18H2,(H,19,20). The maximum absolute atomic E-state index is 13.2. The molecule has 0 radical (unpaired) electrons. The second-order valence-electron chi connectivity index (χ2n) is 5.41. The number of nitrogens with two attached hydrogens (primary N) is 1. The first-order valence-electron chi connectivity index (χ1n) is 7.02. The molecule has 110 valence electrons. The molecule has 0 atom stereocenters. The predicted molar refractivity (Wildman–Crippen MR) is 80.4 cm³/mol. The molecule has 0 unspecified atom stereocenters. The van der Waals surface area contributed by atoms with E-state index in [0.29, 0.717) is 19.0 Å². The number of hydrogen-bond acceptors (Lipinski definition) is 2. The summed E-state index contributed by atoms with van der Waals surface area (Å²) in [6, 6.07) is 4.49. The van der Waals surface area contributed by atoms with Gasteiger partial charge in [0, 0.05) is 16.9 Å². The zero-order valence-corrected chi connectivity index (χ0v) is 13.0. The van der Waals surface area contributed by atoms with Gasteiger partial charge in [-0.05, 0) is 61.9 Å². The quantitative estimate of drug-likeness (QED) is 0.883.